The van der Waals surface area contributed by atoms with Crippen molar-refractivity contribution in [2.75, 3.05) is 0 Å². The lowest BCUT2D eigenvalue weighted by molar-refractivity contribution is 0.479. The van der Waals surface area contributed by atoms with Gasteiger partial charge in [0.05, 0.1) is 16.1 Å². The Morgan fingerprint density at radius 3 is 2.55 bits per heavy atom. The largest absolute Gasteiger partial charge is 0.268 e. The van der Waals surface area contributed by atoms with E-state index >= 15 is 0 Å². The van der Waals surface area contributed by atoms with Crippen molar-refractivity contribution in [3.8, 4) is 0 Å². The van der Waals surface area contributed by atoms with Gasteiger partial charge in [-0.05, 0) is 47.7 Å². The van der Waals surface area contributed by atoms with Crippen molar-refractivity contribution in [1.29, 1.82) is 0 Å². The van der Waals surface area contributed by atoms with Crippen LogP contribution in [0.4, 0.5) is 4.39 Å². The van der Waals surface area contributed by atoms with E-state index in [0.717, 1.165) is 5.56 Å². The summed E-state index contributed by atoms with van der Waals surface area (Å²) in [4.78, 5) is 4.18. The molecule has 0 bridgehead atoms. The molecule has 3 aromatic rings. The minimum atomic E-state index is -3.72. The van der Waals surface area contributed by atoms with E-state index in [1.54, 1.807) is 30.3 Å². The van der Waals surface area contributed by atoms with Crippen LogP contribution in [0.1, 0.15) is 11.3 Å². The molecule has 0 saturated heterocycles. The van der Waals surface area contributed by atoms with E-state index in [2.05, 4.69) is 4.98 Å². The molecule has 22 heavy (non-hydrogen) atoms. The Balaban J connectivity index is 2.28. The fraction of sp³-hybridized carbons (Fsp3) is 0.133. The molecule has 3 rings (SSSR count). The molecular weight excluding hydrogens is 418 g/mol. The summed E-state index contributed by atoms with van der Waals surface area (Å²) in [6, 6.07) is 8.22. The minimum Gasteiger partial charge on any atom is -0.258 e. The van der Waals surface area contributed by atoms with E-state index in [1.165, 1.54) is 16.4 Å². The van der Waals surface area contributed by atoms with Crippen molar-refractivity contribution in [2.45, 2.75) is 18.5 Å². The number of benzene rings is 1. The van der Waals surface area contributed by atoms with E-state index in [0.29, 0.717) is 14.5 Å². The number of hydrogen-bond donors (Lipinski definition) is 0. The highest BCUT2D eigenvalue weighted by Gasteiger charge is 2.22. The molecule has 2 aromatic heterocycles. The average Bonchev–Trinajstić information content (AvgIpc) is 2.86. The number of aryl methyl sites for hydroxylation is 1. The van der Waals surface area contributed by atoms with Crippen LogP contribution in [0, 0.1) is 10.5 Å². The zero-order valence-corrected chi connectivity index (χ0v) is 14.6. The Bertz CT molecular complexity index is 950. The zero-order chi connectivity index (χ0) is 15.9. The third-order valence-corrected chi connectivity index (χ3v) is 5.92. The van der Waals surface area contributed by atoms with Crippen LogP contribution in [-0.4, -0.2) is 17.4 Å². The molecule has 0 aliphatic rings. The maximum atomic E-state index is 13.1. The summed E-state index contributed by atoms with van der Waals surface area (Å²) in [6.45, 7) is 1.16. The zero-order valence-electron chi connectivity index (χ0n) is 11.6. The van der Waals surface area contributed by atoms with Crippen LogP contribution in [-0.2, 0) is 16.7 Å². The van der Waals surface area contributed by atoms with Crippen molar-refractivity contribution in [3.05, 3.63) is 57.6 Å². The quantitative estimate of drug-likeness (QED) is 0.597. The number of aromatic nitrogens is 2. The number of hydrogen-bond acceptors (Lipinski definition) is 3. The molecule has 0 fully saturated rings. The molecule has 114 valence electrons. The van der Waals surface area contributed by atoms with Crippen molar-refractivity contribution >= 4 is 43.5 Å². The lowest BCUT2D eigenvalue weighted by Crippen LogP contribution is -2.11. The van der Waals surface area contributed by atoms with Gasteiger partial charge in [0, 0.05) is 21.4 Å². The maximum absolute atomic E-state index is 13.1. The number of pyridine rings is 1. The van der Waals surface area contributed by atoms with Crippen LogP contribution in [0.3, 0.4) is 0 Å². The molecule has 7 heteroatoms. The third-order valence-electron chi connectivity index (χ3n) is 3.42. The molecule has 0 spiro atoms. The van der Waals surface area contributed by atoms with Gasteiger partial charge >= 0.3 is 0 Å². The summed E-state index contributed by atoms with van der Waals surface area (Å²) in [5, 5.41) is 0.543. The highest BCUT2D eigenvalue weighted by molar-refractivity contribution is 14.1. The van der Waals surface area contributed by atoms with Crippen molar-refractivity contribution < 1.29 is 12.8 Å². The Labute approximate surface area is 141 Å². The van der Waals surface area contributed by atoms with E-state index < -0.39 is 16.7 Å². The van der Waals surface area contributed by atoms with Gasteiger partial charge in [0.2, 0.25) is 0 Å². The maximum Gasteiger partial charge on any atom is 0.268 e. The summed E-state index contributed by atoms with van der Waals surface area (Å²) >= 11 is 2.00. The number of alkyl halides is 1. The van der Waals surface area contributed by atoms with Gasteiger partial charge in [0.25, 0.3) is 10.0 Å². The Morgan fingerprint density at radius 1 is 1.23 bits per heavy atom. The molecule has 0 aliphatic carbocycles. The number of halogens is 2. The molecule has 2 heterocycles. The van der Waals surface area contributed by atoms with Crippen LogP contribution in [0.5, 0.6) is 0 Å². The molecule has 4 nitrogen and oxygen atoms in total. The standard InChI is InChI=1S/C15H12FIN2O2S/c1-10-2-4-11(5-3-10)22(20,21)19-9-12(17)15-13(8-16)18-7-6-14(15)19/h2-7,9H,8H2,1H3. The molecule has 0 N–H and O–H groups in total. The van der Waals surface area contributed by atoms with Crippen LogP contribution in [0.2, 0.25) is 0 Å². The fourth-order valence-electron chi connectivity index (χ4n) is 2.30. The normalized spacial score (nSPS) is 12.0. The van der Waals surface area contributed by atoms with Gasteiger partial charge in [-0.25, -0.2) is 16.8 Å². The van der Waals surface area contributed by atoms with Crippen molar-refractivity contribution in [3.63, 3.8) is 0 Å². The molecule has 0 atom stereocenters. The van der Waals surface area contributed by atoms with Gasteiger partial charge in [-0.1, -0.05) is 17.7 Å². The Kier molecular flexibility index (Phi) is 3.94. The molecular formula is C15H12FIN2O2S. The molecule has 0 saturated carbocycles. The monoisotopic (exact) mass is 430 g/mol. The second-order valence-electron chi connectivity index (χ2n) is 4.88. The summed E-state index contributed by atoms with van der Waals surface area (Å²) in [6.07, 6.45) is 2.93. The van der Waals surface area contributed by atoms with Gasteiger partial charge in [-0.2, -0.15) is 0 Å². The highest BCUT2D eigenvalue weighted by Crippen LogP contribution is 2.29. The summed E-state index contributed by atoms with van der Waals surface area (Å²) in [5.41, 5.74) is 1.67. The number of rotatable bonds is 3. The SMILES string of the molecule is Cc1ccc(S(=O)(=O)n2cc(I)c3c(CF)nccc32)cc1. The number of fused-ring (bicyclic) bond motifs is 1. The summed E-state index contributed by atoms with van der Waals surface area (Å²) < 4.78 is 40.6. The first-order valence-electron chi connectivity index (χ1n) is 6.48. The Morgan fingerprint density at radius 2 is 1.91 bits per heavy atom. The first kappa shape index (κ1) is 15.4. The van der Waals surface area contributed by atoms with E-state index in [4.69, 9.17) is 0 Å². The first-order valence-corrected chi connectivity index (χ1v) is 8.99. The minimum absolute atomic E-state index is 0.199. The average molecular weight is 430 g/mol. The fourth-order valence-corrected chi connectivity index (χ4v) is 4.72. The van der Waals surface area contributed by atoms with Gasteiger partial charge in [-0.15, -0.1) is 0 Å². The predicted molar refractivity (Wildman–Crippen MR) is 91.0 cm³/mol. The highest BCUT2D eigenvalue weighted by atomic mass is 127. The molecule has 0 aliphatic heterocycles. The van der Waals surface area contributed by atoms with Gasteiger partial charge in [0.15, 0.2) is 0 Å². The smallest absolute Gasteiger partial charge is 0.258 e. The topological polar surface area (TPSA) is 52.0 Å². The van der Waals surface area contributed by atoms with Crippen LogP contribution in [0.25, 0.3) is 10.9 Å². The first-order chi connectivity index (χ1) is 10.4. The second kappa shape index (κ2) is 5.62. The van der Waals surface area contributed by atoms with Gasteiger partial charge < -0.3 is 0 Å². The van der Waals surface area contributed by atoms with E-state index in [-0.39, 0.29) is 10.6 Å². The summed E-state index contributed by atoms with van der Waals surface area (Å²) in [5.74, 6) is 0. The summed E-state index contributed by atoms with van der Waals surface area (Å²) in [7, 11) is -3.72. The van der Waals surface area contributed by atoms with Crippen LogP contribution < -0.4 is 0 Å². The third kappa shape index (κ3) is 2.41. The van der Waals surface area contributed by atoms with Crippen molar-refractivity contribution in [2.24, 2.45) is 0 Å². The lowest BCUT2D eigenvalue weighted by Gasteiger charge is -2.08. The molecule has 0 amide bonds. The van der Waals surface area contributed by atoms with Gasteiger partial charge in [0.1, 0.15) is 6.67 Å². The van der Waals surface area contributed by atoms with Gasteiger partial charge in [-0.3, -0.25) is 4.98 Å². The number of nitrogens with zero attached hydrogens (tertiary/aromatic N) is 2. The molecule has 0 radical (unpaired) electrons. The predicted octanol–water partition coefficient (Wildman–Crippen LogP) is 3.66. The molecule has 0 unspecified atom stereocenters. The second-order valence-corrected chi connectivity index (χ2v) is 7.85. The van der Waals surface area contributed by atoms with Crippen LogP contribution >= 0.6 is 22.6 Å². The molecule has 1 aromatic carbocycles. The van der Waals surface area contributed by atoms with E-state index in [9.17, 15) is 12.8 Å². The van der Waals surface area contributed by atoms with E-state index in [1.807, 2.05) is 29.5 Å². The lowest BCUT2D eigenvalue weighted by atomic mass is 10.2. The Hall–Kier alpha value is -1.48. The van der Waals surface area contributed by atoms with Crippen LogP contribution in [0.15, 0.2) is 47.6 Å². The van der Waals surface area contributed by atoms with Crippen molar-refractivity contribution in [1.82, 2.24) is 8.96 Å².